The molecule has 2 aliphatic rings. The molecule has 20 heavy (non-hydrogen) atoms. The minimum Gasteiger partial charge on any atom is -0.341 e. The molecule has 2 aliphatic heterocycles. The van der Waals surface area contributed by atoms with Crippen molar-refractivity contribution in [2.75, 3.05) is 25.9 Å². The second kappa shape index (κ2) is 5.64. The topological polar surface area (TPSA) is 66.5 Å². The molecule has 1 amide bonds. The van der Waals surface area contributed by atoms with Gasteiger partial charge in [-0.25, -0.2) is 8.42 Å². The molecular weight excluding hydrogens is 276 g/mol. The van der Waals surface area contributed by atoms with Crippen LogP contribution in [0.25, 0.3) is 0 Å². The van der Waals surface area contributed by atoms with Crippen molar-refractivity contribution in [2.24, 2.45) is 5.92 Å². The summed E-state index contributed by atoms with van der Waals surface area (Å²) in [5.74, 6) is 0.376. The number of sulfone groups is 1. The number of carbonyl (C=O) groups is 1. The van der Waals surface area contributed by atoms with Crippen molar-refractivity contribution in [1.82, 2.24) is 10.2 Å². The molecule has 2 fully saturated rings. The van der Waals surface area contributed by atoms with E-state index in [1.807, 2.05) is 0 Å². The number of piperidine rings is 1. The van der Waals surface area contributed by atoms with E-state index in [4.69, 9.17) is 0 Å². The molecule has 2 saturated heterocycles. The fourth-order valence-electron chi connectivity index (χ4n) is 3.16. The third-order valence-corrected chi connectivity index (χ3v) is 6.96. The van der Waals surface area contributed by atoms with Gasteiger partial charge in [0.05, 0.1) is 0 Å². The molecule has 116 valence electrons. The van der Waals surface area contributed by atoms with Gasteiger partial charge in [0.25, 0.3) is 0 Å². The molecule has 0 aromatic rings. The Labute approximate surface area is 122 Å². The third kappa shape index (κ3) is 3.01. The first kappa shape index (κ1) is 15.8. The monoisotopic (exact) mass is 302 g/mol. The fraction of sp³-hybridized carbons (Fsp3) is 0.929. The van der Waals surface area contributed by atoms with Crippen molar-refractivity contribution in [1.29, 1.82) is 0 Å². The van der Waals surface area contributed by atoms with Gasteiger partial charge in [-0.15, -0.1) is 0 Å². The predicted molar refractivity (Wildman–Crippen MR) is 79.3 cm³/mol. The predicted octanol–water partition coefficient (Wildman–Crippen LogP) is 0.800. The summed E-state index contributed by atoms with van der Waals surface area (Å²) < 4.78 is 22.2. The summed E-state index contributed by atoms with van der Waals surface area (Å²) in [7, 11) is -3.38. The molecular formula is C14H26N2O3S. The van der Waals surface area contributed by atoms with E-state index in [0.29, 0.717) is 25.0 Å². The van der Waals surface area contributed by atoms with Crippen LogP contribution < -0.4 is 5.32 Å². The van der Waals surface area contributed by atoms with E-state index in [1.54, 1.807) is 4.90 Å². The SMILES string of the molecule is CC(C)(C(=O)N1CCC(C2CCCN2)CC1)S(C)(=O)=O. The van der Waals surface area contributed by atoms with E-state index in [1.165, 1.54) is 26.7 Å². The van der Waals surface area contributed by atoms with Crippen LogP contribution in [0.15, 0.2) is 0 Å². The van der Waals surface area contributed by atoms with Crippen molar-refractivity contribution in [2.45, 2.75) is 50.3 Å². The lowest BCUT2D eigenvalue weighted by Crippen LogP contribution is -2.53. The lowest BCUT2D eigenvalue weighted by molar-refractivity contribution is -0.134. The minimum absolute atomic E-state index is 0.252. The van der Waals surface area contributed by atoms with E-state index in [2.05, 4.69) is 5.32 Å². The van der Waals surface area contributed by atoms with Gasteiger partial charge in [0, 0.05) is 25.4 Å². The Kier molecular flexibility index (Phi) is 4.44. The zero-order valence-electron chi connectivity index (χ0n) is 12.7. The Bertz CT molecular complexity index is 459. The van der Waals surface area contributed by atoms with Crippen molar-refractivity contribution < 1.29 is 13.2 Å². The number of hydrogen-bond acceptors (Lipinski definition) is 4. The molecule has 2 rings (SSSR count). The second-order valence-corrected chi connectivity index (χ2v) is 9.18. The summed E-state index contributed by atoms with van der Waals surface area (Å²) >= 11 is 0. The summed E-state index contributed by atoms with van der Waals surface area (Å²) in [5.41, 5.74) is 0. The summed E-state index contributed by atoms with van der Waals surface area (Å²) in [5, 5.41) is 3.53. The molecule has 6 heteroatoms. The molecule has 0 radical (unpaired) electrons. The average Bonchev–Trinajstić information content (AvgIpc) is 2.90. The van der Waals surface area contributed by atoms with Crippen LogP contribution in [0.4, 0.5) is 0 Å². The summed E-state index contributed by atoms with van der Waals surface area (Å²) in [6.45, 7) is 5.48. The zero-order valence-corrected chi connectivity index (χ0v) is 13.5. The Balaban J connectivity index is 1.95. The summed E-state index contributed by atoms with van der Waals surface area (Å²) in [6, 6.07) is 0.593. The van der Waals surface area contributed by atoms with Crippen molar-refractivity contribution >= 4 is 15.7 Å². The van der Waals surface area contributed by atoms with Gasteiger partial charge >= 0.3 is 0 Å². The molecule has 0 spiro atoms. The zero-order chi connectivity index (χ0) is 15.0. The maximum atomic E-state index is 12.4. The Morgan fingerprint density at radius 2 is 1.80 bits per heavy atom. The first-order valence-corrected chi connectivity index (χ1v) is 9.35. The van der Waals surface area contributed by atoms with Crippen LogP contribution >= 0.6 is 0 Å². The molecule has 1 unspecified atom stereocenters. The normalized spacial score (nSPS) is 25.9. The van der Waals surface area contributed by atoms with Gasteiger partial charge in [0.2, 0.25) is 5.91 Å². The lowest BCUT2D eigenvalue weighted by atomic mass is 9.88. The lowest BCUT2D eigenvalue weighted by Gasteiger charge is -2.38. The van der Waals surface area contributed by atoms with Crippen LogP contribution in [0.2, 0.25) is 0 Å². The number of nitrogens with one attached hydrogen (secondary N) is 1. The van der Waals surface area contributed by atoms with Crippen LogP contribution in [0.5, 0.6) is 0 Å². The van der Waals surface area contributed by atoms with Crippen LogP contribution in [-0.4, -0.2) is 55.9 Å². The highest BCUT2D eigenvalue weighted by molar-refractivity contribution is 7.92. The molecule has 0 bridgehead atoms. The van der Waals surface area contributed by atoms with Crippen molar-refractivity contribution in [3.05, 3.63) is 0 Å². The van der Waals surface area contributed by atoms with Crippen LogP contribution in [0, 0.1) is 5.92 Å². The van der Waals surface area contributed by atoms with Crippen LogP contribution in [-0.2, 0) is 14.6 Å². The van der Waals surface area contributed by atoms with Crippen LogP contribution in [0.1, 0.15) is 39.5 Å². The van der Waals surface area contributed by atoms with Crippen LogP contribution in [0.3, 0.4) is 0 Å². The summed E-state index contributed by atoms with van der Waals surface area (Å²) in [4.78, 5) is 14.2. The highest BCUT2D eigenvalue weighted by atomic mass is 32.2. The van der Waals surface area contributed by atoms with Gasteiger partial charge in [-0.2, -0.15) is 0 Å². The van der Waals surface area contributed by atoms with Gasteiger partial charge in [0.15, 0.2) is 9.84 Å². The third-order valence-electron chi connectivity index (χ3n) is 4.94. The fourth-order valence-corrected chi connectivity index (χ4v) is 3.60. The standard InChI is InChI=1S/C14H26N2O3S/c1-14(2,20(3,18)19)13(17)16-9-6-11(7-10-16)12-5-4-8-15-12/h11-12,15H,4-10H2,1-3H3. The quantitative estimate of drug-likeness (QED) is 0.837. The molecule has 1 N–H and O–H groups in total. The van der Waals surface area contributed by atoms with E-state index in [0.717, 1.165) is 25.6 Å². The number of likely N-dealkylation sites (tertiary alicyclic amines) is 1. The first-order chi connectivity index (χ1) is 9.23. The Hall–Kier alpha value is -0.620. The largest absolute Gasteiger partial charge is 0.341 e. The van der Waals surface area contributed by atoms with E-state index < -0.39 is 14.6 Å². The maximum absolute atomic E-state index is 12.4. The Morgan fingerprint density at radius 3 is 2.25 bits per heavy atom. The number of nitrogens with zero attached hydrogens (tertiary/aromatic N) is 1. The number of hydrogen-bond donors (Lipinski definition) is 1. The number of amides is 1. The maximum Gasteiger partial charge on any atom is 0.243 e. The van der Waals surface area contributed by atoms with Gasteiger partial charge in [-0.05, 0) is 52.0 Å². The smallest absolute Gasteiger partial charge is 0.243 e. The second-order valence-electron chi connectivity index (χ2n) is 6.61. The van der Waals surface area contributed by atoms with Gasteiger partial charge in [-0.3, -0.25) is 4.79 Å². The van der Waals surface area contributed by atoms with Gasteiger partial charge < -0.3 is 10.2 Å². The number of rotatable bonds is 3. The van der Waals surface area contributed by atoms with E-state index in [9.17, 15) is 13.2 Å². The van der Waals surface area contributed by atoms with Gasteiger partial charge in [0.1, 0.15) is 4.75 Å². The molecule has 5 nitrogen and oxygen atoms in total. The molecule has 0 aromatic carbocycles. The van der Waals surface area contributed by atoms with Crippen molar-refractivity contribution in [3.8, 4) is 0 Å². The van der Waals surface area contributed by atoms with E-state index >= 15 is 0 Å². The average molecular weight is 302 g/mol. The van der Waals surface area contributed by atoms with Gasteiger partial charge in [-0.1, -0.05) is 0 Å². The molecule has 0 aliphatic carbocycles. The molecule has 2 heterocycles. The first-order valence-electron chi connectivity index (χ1n) is 7.46. The van der Waals surface area contributed by atoms with E-state index in [-0.39, 0.29) is 5.91 Å². The van der Waals surface area contributed by atoms with Crippen molar-refractivity contribution in [3.63, 3.8) is 0 Å². The minimum atomic E-state index is -3.38. The number of carbonyl (C=O) groups excluding carboxylic acids is 1. The molecule has 0 saturated carbocycles. The highest BCUT2D eigenvalue weighted by Gasteiger charge is 2.42. The molecule has 1 atom stereocenters. The Morgan fingerprint density at radius 1 is 1.20 bits per heavy atom. The highest BCUT2D eigenvalue weighted by Crippen LogP contribution is 2.28. The molecule has 0 aromatic heterocycles. The summed E-state index contributed by atoms with van der Waals surface area (Å²) in [6.07, 6.45) is 5.56.